The molecule has 0 unspecified atom stereocenters. The van der Waals surface area contributed by atoms with Gasteiger partial charge in [0.15, 0.2) is 0 Å². The Bertz CT molecular complexity index is 1670. The molecular weight excluding hydrogens is 384 g/mol. The van der Waals surface area contributed by atoms with Crippen molar-refractivity contribution in [2.75, 3.05) is 0 Å². The summed E-state index contributed by atoms with van der Waals surface area (Å²) >= 11 is 0. The van der Waals surface area contributed by atoms with Crippen molar-refractivity contribution in [3.63, 3.8) is 0 Å². The van der Waals surface area contributed by atoms with Crippen LogP contribution in [0.3, 0.4) is 0 Å². The largest absolute Gasteiger partial charge is 0.0616 e. The molecule has 0 saturated heterocycles. The van der Waals surface area contributed by atoms with E-state index >= 15 is 0 Å². The molecule has 0 aliphatic rings. The first-order valence-electron chi connectivity index (χ1n) is 11.4. The Labute approximate surface area is 189 Å². The summed E-state index contributed by atoms with van der Waals surface area (Å²) in [7, 11) is 0. The second-order valence-electron chi connectivity index (χ2n) is 9.21. The zero-order valence-corrected chi connectivity index (χ0v) is 18.9. The maximum Gasteiger partial charge on any atom is -0.00226 e. The Balaban J connectivity index is 1.47. The first-order valence-corrected chi connectivity index (χ1v) is 11.4. The van der Waals surface area contributed by atoms with Crippen molar-refractivity contribution in [3.8, 4) is 0 Å². The van der Waals surface area contributed by atoms with Crippen LogP contribution in [0.1, 0.15) is 27.8 Å². The average molecular weight is 411 g/mol. The molecule has 0 saturated carbocycles. The van der Waals surface area contributed by atoms with Gasteiger partial charge in [-0.3, -0.25) is 0 Å². The number of hydrogen-bond acceptors (Lipinski definition) is 0. The monoisotopic (exact) mass is 410 g/mol. The predicted molar refractivity (Wildman–Crippen MR) is 140 cm³/mol. The maximum atomic E-state index is 2.40. The van der Waals surface area contributed by atoms with Gasteiger partial charge in [-0.25, -0.2) is 0 Å². The van der Waals surface area contributed by atoms with Gasteiger partial charge in [-0.15, -0.1) is 0 Å². The molecule has 32 heavy (non-hydrogen) atoms. The zero-order valence-electron chi connectivity index (χ0n) is 18.9. The van der Waals surface area contributed by atoms with Crippen LogP contribution in [0.15, 0.2) is 91.0 Å². The van der Waals surface area contributed by atoms with Crippen molar-refractivity contribution in [2.45, 2.75) is 27.2 Å². The quantitative estimate of drug-likeness (QED) is 0.250. The molecule has 0 atom stereocenters. The van der Waals surface area contributed by atoms with Crippen molar-refractivity contribution in [1.29, 1.82) is 0 Å². The third-order valence-electron chi connectivity index (χ3n) is 7.05. The number of hydrogen-bond donors (Lipinski definition) is 0. The number of aryl methyl sites for hydroxylation is 3. The van der Waals surface area contributed by atoms with Crippen molar-refractivity contribution < 1.29 is 0 Å². The van der Waals surface area contributed by atoms with Gasteiger partial charge in [-0.2, -0.15) is 0 Å². The second kappa shape index (κ2) is 7.21. The molecule has 0 N–H and O–H groups in total. The van der Waals surface area contributed by atoms with E-state index < -0.39 is 0 Å². The molecule has 0 nitrogen and oxygen atoms in total. The standard InChI is InChI=1S/C32H26/c1-20-8-13-29-25(16-20)10-11-26-18-23(9-14-30(26)29)19-27-17-21(2)32-28(22(27)3)15-12-24-6-4-5-7-31(24)32/h4-18H,19H2,1-3H3. The first kappa shape index (κ1) is 19.1. The van der Waals surface area contributed by atoms with Crippen molar-refractivity contribution >= 4 is 43.1 Å². The van der Waals surface area contributed by atoms with E-state index in [0.29, 0.717) is 0 Å². The van der Waals surface area contributed by atoms with Gasteiger partial charge < -0.3 is 0 Å². The highest BCUT2D eigenvalue weighted by atomic mass is 14.2. The smallest absolute Gasteiger partial charge is 0.00226 e. The Hall–Kier alpha value is -3.64. The van der Waals surface area contributed by atoms with Crippen molar-refractivity contribution in [3.05, 3.63) is 119 Å². The topological polar surface area (TPSA) is 0 Å². The van der Waals surface area contributed by atoms with Gasteiger partial charge in [0.05, 0.1) is 0 Å². The fourth-order valence-electron chi connectivity index (χ4n) is 5.38. The highest BCUT2D eigenvalue weighted by Crippen LogP contribution is 2.34. The summed E-state index contributed by atoms with van der Waals surface area (Å²) in [5, 5.41) is 10.7. The van der Waals surface area contributed by atoms with E-state index in [0.717, 1.165) is 6.42 Å². The van der Waals surface area contributed by atoms with Crippen LogP contribution in [0.2, 0.25) is 0 Å². The molecule has 0 bridgehead atoms. The van der Waals surface area contributed by atoms with Crippen LogP contribution >= 0.6 is 0 Å². The van der Waals surface area contributed by atoms with Crippen LogP contribution in [0.4, 0.5) is 0 Å². The van der Waals surface area contributed by atoms with Crippen LogP contribution in [0.5, 0.6) is 0 Å². The number of benzene rings is 6. The normalized spacial score (nSPS) is 11.7. The van der Waals surface area contributed by atoms with Crippen LogP contribution in [0, 0.1) is 20.8 Å². The molecule has 0 spiro atoms. The van der Waals surface area contributed by atoms with E-state index in [1.807, 2.05) is 0 Å². The Morgan fingerprint density at radius 2 is 1.22 bits per heavy atom. The van der Waals surface area contributed by atoms with E-state index in [1.54, 1.807) is 0 Å². The van der Waals surface area contributed by atoms with Crippen LogP contribution in [0.25, 0.3) is 43.1 Å². The summed E-state index contributed by atoms with van der Waals surface area (Å²) in [5.74, 6) is 0. The van der Waals surface area contributed by atoms with Crippen molar-refractivity contribution in [2.24, 2.45) is 0 Å². The molecule has 0 fully saturated rings. The maximum absolute atomic E-state index is 2.40. The highest BCUT2D eigenvalue weighted by molar-refractivity contribution is 6.10. The minimum atomic E-state index is 0.956. The van der Waals surface area contributed by atoms with Gasteiger partial charge in [-0.05, 0) is 92.5 Å². The third-order valence-corrected chi connectivity index (χ3v) is 7.05. The molecule has 0 heterocycles. The SMILES string of the molecule is Cc1ccc2c(ccc3cc(Cc4cc(C)c5c(ccc6ccccc65)c4C)ccc32)c1. The lowest BCUT2D eigenvalue weighted by Gasteiger charge is -2.15. The van der Waals surface area contributed by atoms with Crippen molar-refractivity contribution in [1.82, 2.24) is 0 Å². The molecule has 0 aromatic heterocycles. The summed E-state index contributed by atoms with van der Waals surface area (Å²) in [4.78, 5) is 0. The third kappa shape index (κ3) is 2.99. The summed E-state index contributed by atoms with van der Waals surface area (Å²) in [6.45, 7) is 6.69. The van der Waals surface area contributed by atoms with Gasteiger partial charge in [0.1, 0.15) is 0 Å². The van der Waals surface area contributed by atoms with Gasteiger partial charge in [0.2, 0.25) is 0 Å². The summed E-state index contributed by atoms with van der Waals surface area (Å²) in [6.07, 6.45) is 0.956. The molecule has 0 aliphatic carbocycles. The van der Waals surface area contributed by atoms with E-state index in [-0.39, 0.29) is 0 Å². The second-order valence-corrected chi connectivity index (χ2v) is 9.21. The number of rotatable bonds is 2. The Morgan fingerprint density at radius 3 is 2.06 bits per heavy atom. The van der Waals surface area contributed by atoms with Gasteiger partial charge in [-0.1, -0.05) is 96.6 Å². The molecule has 6 rings (SSSR count). The lowest BCUT2D eigenvalue weighted by molar-refractivity contribution is 1.17. The minimum absolute atomic E-state index is 0.956. The predicted octanol–water partition coefficient (Wildman–Crippen LogP) is 8.82. The van der Waals surface area contributed by atoms with Crippen LogP contribution in [-0.4, -0.2) is 0 Å². The summed E-state index contributed by atoms with van der Waals surface area (Å²) < 4.78 is 0. The highest BCUT2D eigenvalue weighted by Gasteiger charge is 2.11. The molecule has 6 aromatic rings. The Morgan fingerprint density at radius 1 is 0.531 bits per heavy atom. The van der Waals surface area contributed by atoms with E-state index in [4.69, 9.17) is 0 Å². The molecule has 0 amide bonds. The molecule has 6 aromatic carbocycles. The molecule has 0 aliphatic heterocycles. The molecule has 154 valence electrons. The first-order chi connectivity index (χ1) is 15.6. The Kier molecular flexibility index (Phi) is 4.30. The molecule has 0 radical (unpaired) electrons. The fraction of sp³-hybridized carbons (Fsp3) is 0.125. The van der Waals surface area contributed by atoms with Crippen LogP contribution < -0.4 is 0 Å². The zero-order chi connectivity index (χ0) is 21.8. The van der Waals surface area contributed by atoms with Crippen LogP contribution in [-0.2, 0) is 6.42 Å². The summed E-state index contributed by atoms with van der Waals surface area (Å²) in [5.41, 5.74) is 6.85. The lowest BCUT2D eigenvalue weighted by atomic mass is 9.89. The average Bonchev–Trinajstić information content (AvgIpc) is 2.81. The minimum Gasteiger partial charge on any atom is -0.0616 e. The van der Waals surface area contributed by atoms with E-state index in [2.05, 4.69) is 112 Å². The fourth-order valence-corrected chi connectivity index (χ4v) is 5.38. The number of fused-ring (bicyclic) bond motifs is 6. The molecule has 0 heteroatoms. The summed E-state index contributed by atoms with van der Waals surface area (Å²) in [6, 6.07) is 33.9. The van der Waals surface area contributed by atoms with Gasteiger partial charge in [0.25, 0.3) is 0 Å². The van der Waals surface area contributed by atoms with E-state index in [9.17, 15) is 0 Å². The molecular formula is C32H26. The van der Waals surface area contributed by atoms with E-state index in [1.165, 1.54) is 70.9 Å². The lowest BCUT2D eigenvalue weighted by Crippen LogP contribution is -1.96. The van der Waals surface area contributed by atoms with Gasteiger partial charge in [0, 0.05) is 0 Å². The van der Waals surface area contributed by atoms with Gasteiger partial charge >= 0.3 is 0 Å².